The van der Waals surface area contributed by atoms with Crippen LogP contribution >= 0.6 is 23.5 Å². The van der Waals surface area contributed by atoms with Gasteiger partial charge in [0.2, 0.25) is 24.6 Å². The van der Waals surface area contributed by atoms with Crippen LogP contribution in [0.2, 0.25) is 0 Å². The van der Waals surface area contributed by atoms with Crippen molar-refractivity contribution in [3.05, 3.63) is 166 Å². The van der Waals surface area contributed by atoms with Crippen molar-refractivity contribution in [3.63, 3.8) is 0 Å². The molecule has 0 aliphatic rings. The van der Waals surface area contributed by atoms with Crippen molar-refractivity contribution < 1.29 is 38.1 Å². The van der Waals surface area contributed by atoms with Crippen LogP contribution in [0.15, 0.2) is 121 Å². The van der Waals surface area contributed by atoms with E-state index in [2.05, 4.69) is 142 Å². The molecule has 84 heavy (non-hydrogen) atoms. The maximum atomic E-state index is 12.0. The van der Waals surface area contributed by atoms with Crippen molar-refractivity contribution in [1.29, 1.82) is 0 Å². The molecule has 0 radical (unpaired) electrons. The lowest BCUT2D eigenvalue weighted by molar-refractivity contribution is -0.125. The van der Waals surface area contributed by atoms with E-state index in [1.54, 1.807) is 6.26 Å². The van der Waals surface area contributed by atoms with Gasteiger partial charge in [-0.05, 0) is 148 Å². The zero-order chi connectivity index (χ0) is 61.7. The number of benzene rings is 6. The molecule has 0 spiro atoms. The zero-order valence-corrected chi connectivity index (χ0v) is 53.6. The summed E-state index contributed by atoms with van der Waals surface area (Å²) in [4.78, 5) is 52.0. The minimum Gasteiger partial charge on any atom is -0.486 e. The minimum atomic E-state index is -0.334. The first kappa shape index (κ1) is 65.6. The SMILES string of the molecule is CSC(Cc1ccc(OCc2nc3ccc(Oc4cc(C(C)(C)C)cc(C(C)(C)C)c4)cc3n2C)cc1)C(=O)NC=O.CSCC(=O)NC=O.Cc1ccc(OCc2nc3ccc(Oc4cc(C(C)(C)C)cc(C(C)(C)C)c4)cc3n2C)cc1. The van der Waals surface area contributed by atoms with Gasteiger partial charge >= 0.3 is 0 Å². The number of imide groups is 2. The standard InChI is InChI=1S/C34H41N3O4S.C30H36N2O2.C4H7NO2S/c1-33(2,3)23-16-24(34(4,5)6)18-27(17-23)41-26-13-14-28-29(19-26)37(7)31(36-28)20-40-25-11-9-22(10-12-25)15-30(42-8)32(39)35-21-38;1-20-9-11-23(12-10-20)33-19-28-31-26-14-13-24(18-27(26)32(28)8)34-25-16-21(29(2,3)4)15-22(17-25)30(5,6)7;1-8-2-4(7)5-3-6/h9-14,16-19,21,30H,15,20H2,1-8H3,(H,35,38,39);9-18H,19H2,1-8H3;3H,2H2,1H3,(H,5,6,7). The molecule has 14 nitrogen and oxygen atoms in total. The van der Waals surface area contributed by atoms with Crippen molar-refractivity contribution in [2.24, 2.45) is 14.1 Å². The maximum absolute atomic E-state index is 12.0. The van der Waals surface area contributed by atoms with Crippen molar-refractivity contribution in [1.82, 2.24) is 29.7 Å². The number of carbonyl (C=O) groups excluding carboxylic acids is 4. The first-order valence-corrected chi connectivity index (χ1v) is 30.7. The summed E-state index contributed by atoms with van der Waals surface area (Å²) >= 11 is 2.79. The normalized spacial score (nSPS) is 12.1. The second-order valence-electron chi connectivity index (χ2n) is 24.9. The first-order chi connectivity index (χ1) is 39.5. The Morgan fingerprint density at radius 1 is 0.524 bits per heavy atom. The molecule has 446 valence electrons. The summed E-state index contributed by atoms with van der Waals surface area (Å²) in [5, 5.41) is 3.90. The highest BCUT2D eigenvalue weighted by Crippen LogP contribution is 2.38. The van der Waals surface area contributed by atoms with Gasteiger partial charge in [0.05, 0.1) is 33.1 Å². The molecule has 1 unspecified atom stereocenters. The fourth-order valence-corrected chi connectivity index (χ4v) is 9.67. The number of nitrogens with one attached hydrogen (secondary N) is 2. The molecule has 0 aliphatic heterocycles. The smallest absolute Gasteiger partial charge is 0.239 e. The number of aromatic nitrogens is 4. The fraction of sp³-hybridized carbons (Fsp3) is 0.382. The lowest BCUT2D eigenvalue weighted by atomic mass is 9.80. The molecule has 0 saturated carbocycles. The van der Waals surface area contributed by atoms with Crippen LogP contribution in [-0.4, -0.2) is 67.3 Å². The Labute approximate surface area is 505 Å². The van der Waals surface area contributed by atoms with Crippen LogP contribution in [0.1, 0.15) is 128 Å². The van der Waals surface area contributed by atoms with Gasteiger partial charge in [-0.1, -0.05) is 125 Å². The van der Waals surface area contributed by atoms with E-state index in [0.717, 1.165) is 68.0 Å². The summed E-state index contributed by atoms with van der Waals surface area (Å²) in [7, 11) is 4.00. The third-order valence-corrected chi connectivity index (χ3v) is 15.5. The monoisotopic (exact) mass is 1180 g/mol. The van der Waals surface area contributed by atoms with Crippen LogP contribution in [0.5, 0.6) is 34.5 Å². The van der Waals surface area contributed by atoms with Crippen molar-refractivity contribution >= 4 is 70.2 Å². The number of thioether (sulfide) groups is 2. The molecule has 6 aromatic carbocycles. The highest BCUT2D eigenvalue weighted by molar-refractivity contribution is 8.00. The van der Waals surface area contributed by atoms with Gasteiger partial charge in [-0.15, -0.1) is 0 Å². The molecule has 0 fully saturated rings. The third kappa shape index (κ3) is 18.5. The zero-order valence-electron chi connectivity index (χ0n) is 52.0. The van der Waals surface area contributed by atoms with Crippen molar-refractivity contribution in [2.45, 2.75) is 137 Å². The molecule has 2 N–H and O–H groups in total. The Balaban J connectivity index is 0.000000242. The summed E-state index contributed by atoms with van der Waals surface area (Å²) in [6, 6.07) is 40.9. The Hall–Kier alpha value is -7.56. The summed E-state index contributed by atoms with van der Waals surface area (Å²) < 4.78 is 28.9. The highest BCUT2D eigenvalue weighted by Gasteiger charge is 2.24. The average Bonchev–Trinajstić information content (AvgIpc) is 3.33. The van der Waals surface area contributed by atoms with E-state index in [9.17, 15) is 19.2 Å². The number of aryl methyl sites for hydroxylation is 3. The number of hydrogen-bond acceptors (Lipinski definition) is 12. The predicted octanol–water partition coefficient (Wildman–Crippen LogP) is 14.6. The number of rotatable bonds is 18. The van der Waals surface area contributed by atoms with E-state index in [4.69, 9.17) is 28.9 Å². The third-order valence-electron chi connectivity index (χ3n) is 14.0. The fourth-order valence-electron chi connectivity index (χ4n) is 8.68. The van der Waals surface area contributed by atoms with Crippen LogP contribution < -0.4 is 29.6 Å². The van der Waals surface area contributed by atoms with E-state index in [-0.39, 0.29) is 38.7 Å². The number of fused-ring (bicyclic) bond motifs is 2. The van der Waals surface area contributed by atoms with Gasteiger partial charge in [-0.2, -0.15) is 23.5 Å². The molecule has 8 aromatic rings. The second kappa shape index (κ2) is 28.3. The van der Waals surface area contributed by atoms with Gasteiger partial charge in [-0.3, -0.25) is 29.8 Å². The number of amides is 4. The van der Waals surface area contributed by atoms with Crippen LogP contribution in [0.25, 0.3) is 22.1 Å². The molecule has 8 rings (SSSR count). The van der Waals surface area contributed by atoms with E-state index in [1.807, 2.05) is 109 Å². The lowest BCUT2D eigenvalue weighted by Gasteiger charge is -2.26. The second-order valence-corrected chi connectivity index (χ2v) is 26.8. The molecule has 1 atom stereocenters. The molecule has 0 saturated heterocycles. The summed E-state index contributed by atoms with van der Waals surface area (Å²) in [5.41, 5.74) is 11.1. The van der Waals surface area contributed by atoms with Crippen LogP contribution in [0, 0.1) is 6.92 Å². The van der Waals surface area contributed by atoms with Gasteiger partial charge < -0.3 is 28.1 Å². The van der Waals surface area contributed by atoms with E-state index in [1.165, 1.54) is 51.3 Å². The number of hydrogen-bond donors (Lipinski definition) is 2. The first-order valence-electron chi connectivity index (χ1n) is 28.0. The topological polar surface area (TPSA) is 165 Å². The average molecular weight is 1180 g/mol. The summed E-state index contributed by atoms with van der Waals surface area (Å²) in [6.07, 6.45) is 4.98. The number of nitrogens with zero attached hydrogens (tertiary/aromatic N) is 4. The molecule has 2 heterocycles. The van der Waals surface area contributed by atoms with Crippen molar-refractivity contribution in [3.8, 4) is 34.5 Å². The highest BCUT2D eigenvalue weighted by atomic mass is 32.2. The van der Waals surface area contributed by atoms with Gasteiger partial charge in [0.1, 0.15) is 59.4 Å². The van der Waals surface area contributed by atoms with E-state index in [0.29, 0.717) is 44.0 Å². The lowest BCUT2D eigenvalue weighted by Crippen LogP contribution is -2.32. The molecule has 0 bridgehead atoms. The quantitative estimate of drug-likeness (QED) is 0.0783. The Kier molecular flexibility index (Phi) is 22.1. The molecule has 16 heteroatoms. The van der Waals surface area contributed by atoms with Gasteiger partial charge in [-0.25, -0.2) is 9.97 Å². The van der Waals surface area contributed by atoms with Gasteiger partial charge in [0.15, 0.2) is 0 Å². The number of ether oxygens (including phenoxy) is 4. The Morgan fingerprint density at radius 3 is 1.26 bits per heavy atom. The van der Waals surface area contributed by atoms with Crippen LogP contribution in [0.3, 0.4) is 0 Å². The molecule has 0 aliphatic carbocycles. The maximum Gasteiger partial charge on any atom is 0.239 e. The summed E-state index contributed by atoms with van der Waals surface area (Å²) in [6.45, 7) is 29.5. The van der Waals surface area contributed by atoms with Crippen LogP contribution in [-0.2, 0) is 74.6 Å². The predicted molar refractivity (Wildman–Crippen MR) is 343 cm³/mol. The van der Waals surface area contributed by atoms with Gasteiger partial charge in [0, 0.05) is 26.2 Å². The van der Waals surface area contributed by atoms with Crippen LogP contribution in [0.4, 0.5) is 0 Å². The molecule has 4 amide bonds. The number of carbonyl (C=O) groups is 4. The van der Waals surface area contributed by atoms with Crippen molar-refractivity contribution in [2.75, 3.05) is 18.3 Å². The Bertz CT molecular complexity index is 3480. The minimum absolute atomic E-state index is 0.00515. The van der Waals surface area contributed by atoms with Gasteiger partial charge in [0.25, 0.3) is 0 Å². The number of imidazole rings is 2. The van der Waals surface area contributed by atoms with E-state index < -0.39 is 0 Å². The molecule has 2 aromatic heterocycles. The molecular formula is C68H84N6O8S2. The largest absolute Gasteiger partial charge is 0.486 e. The summed E-state index contributed by atoms with van der Waals surface area (Å²) in [5.74, 6) is 6.28. The Morgan fingerprint density at radius 2 is 0.905 bits per heavy atom. The molecular weight excluding hydrogens is 1090 g/mol. The van der Waals surface area contributed by atoms with E-state index >= 15 is 0 Å².